The number of hydrogen-bond donors (Lipinski definition) is 2. The Kier molecular flexibility index (Phi) is 8.30. The molecule has 0 spiro atoms. The monoisotopic (exact) mass is 386 g/mol. The van der Waals surface area contributed by atoms with E-state index in [4.69, 9.17) is 14.2 Å². The summed E-state index contributed by atoms with van der Waals surface area (Å²) in [5.41, 5.74) is 2.09. The van der Waals surface area contributed by atoms with Gasteiger partial charge in [0.15, 0.2) is 11.5 Å². The van der Waals surface area contributed by atoms with Gasteiger partial charge in [0, 0.05) is 37.4 Å². The Balaban J connectivity index is 1.86. The Morgan fingerprint density at radius 3 is 2.50 bits per heavy atom. The number of ether oxygens (including phenoxy) is 3. The summed E-state index contributed by atoms with van der Waals surface area (Å²) in [6.07, 6.45) is 0.156. The zero-order valence-electron chi connectivity index (χ0n) is 16.4. The molecule has 0 radical (unpaired) electrons. The van der Waals surface area contributed by atoms with E-state index >= 15 is 0 Å². The topological polar surface area (TPSA) is 85.9 Å². The van der Waals surface area contributed by atoms with Crippen LogP contribution < -0.4 is 20.1 Å². The standard InChI is InChI=1S/C21H26N2O5/c1-15-6-4-5-7-17(15)21(25)22-11-10-20(24)23-16-8-9-18(27-3)19(14-16)28-13-12-26-2/h4-9,14H,10-13H2,1-3H3,(H,22,25)(H,23,24). The first kappa shape index (κ1) is 21.2. The fourth-order valence-electron chi connectivity index (χ4n) is 2.54. The lowest BCUT2D eigenvalue weighted by Crippen LogP contribution is -2.28. The summed E-state index contributed by atoms with van der Waals surface area (Å²) in [5.74, 6) is 0.687. The second kappa shape index (κ2) is 10.9. The first-order chi connectivity index (χ1) is 13.5. The maximum atomic E-state index is 12.2. The van der Waals surface area contributed by atoms with E-state index in [9.17, 15) is 9.59 Å². The van der Waals surface area contributed by atoms with Crippen LogP contribution in [0.4, 0.5) is 5.69 Å². The third-order valence-electron chi connectivity index (χ3n) is 4.02. The van der Waals surface area contributed by atoms with Crippen molar-refractivity contribution in [2.45, 2.75) is 13.3 Å². The van der Waals surface area contributed by atoms with Gasteiger partial charge in [0.2, 0.25) is 5.91 Å². The third-order valence-corrected chi connectivity index (χ3v) is 4.02. The number of carbonyl (C=O) groups is 2. The van der Waals surface area contributed by atoms with Crippen molar-refractivity contribution in [3.63, 3.8) is 0 Å². The first-order valence-corrected chi connectivity index (χ1v) is 8.98. The molecule has 0 unspecified atom stereocenters. The van der Waals surface area contributed by atoms with Crippen LogP contribution in [0.5, 0.6) is 11.5 Å². The van der Waals surface area contributed by atoms with Crippen molar-refractivity contribution in [1.29, 1.82) is 0 Å². The van der Waals surface area contributed by atoms with Crippen molar-refractivity contribution in [2.24, 2.45) is 0 Å². The predicted octanol–water partition coefficient (Wildman–Crippen LogP) is 2.79. The van der Waals surface area contributed by atoms with E-state index in [1.807, 2.05) is 25.1 Å². The fourth-order valence-corrected chi connectivity index (χ4v) is 2.54. The van der Waals surface area contributed by atoms with E-state index in [1.54, 1.807) is 38.5 Å². The number of methoxy groups -OCH3 is 2. The molecular weight excluding hydrogens is 360 g/mol. The van der Waals surface area contributed by atoms with Gasteiger partial charge in [0.1, 0.15) is 6.61 Å². The molecule has 0 aliphatic rings. The summed E-state index contributed by atoms with van der Waals surface area (Å²) in [6, 6.07) is 12.5. The molecule has 2 aromatic rings. The van der Waals surface area contributed by atoms with Crippen LogP contribution in [0.2, 0.25) is 0 Å². The lowest BCUT2D eigenvalue weighted by Gasteiger charge is -2.13. The highest BCUT2D eigenvalue weighted by Crippen LogP contribution is 2.30. The molecule has 2 aromatic carbocycles. The summed E-state index contributed by atoms with van der Waals surface area (Å²) in [7, 11) is 3.14. The third kappa shape index (κ3) is 6.28. The lowest BCUT2D eigenvalue weighted by atomic mass is 10.1. The number of hydrogen-bond acceptors (Lipinski definition) is 5. The average molecular weight is 386 g/mol. The second-order valence-corrected chi connectivity index (χ2v) is 6.08. The SMILES string of the molecule is COCCOc1cc(NC(=O)CCNC(=O)c2ccccc2C)ccc1OC. The summed E-state index contributed by atoms with van der Waals surface area (Å²) in [5, 5.41) is 5.55. The Labute approximate surface area is 165 Å². The van der Waals surface area contributed by atoms with E-state index in [0.717, 1.165) is 5.56 Å². The Hall–Kier alpha value is -3.06. The highest BCUT2D eigenvalue weighted by Gasteiger charge is 2.11. The number of anilines is 1. The summed E-state index contributed by atoms with van der Waals surface area (Å²) in [4.78, 5) is 24.3. The van der Waals surface area contributed by atoms with E-state index in [1.165, 1.54) is 0 Å². The Bertz CT molecular complexity index is 807. The molecule has 2 rings (SSSR count). The van der Waals surface area contributed by atoms with Crippen LogP contribution in [0.1, 0.15) is 22.3 Å². The maximum absolute atomic E-state index is 12.2. The highest BCUT2D eigenvalue weighted by atomic mass is 16.5. The molecule has 0 bridgehead atoms. The fraction of sp³-hybridized carbons (Fsp3) is 0.333. The summed E-state index contributed by atoms with van der Waals surface area (Å²) < 4.78 is 15.8. The Morgan fingerprint density at radius 1 is 1.00 bits per heavy atom. The smallest absolute Gasteiger partial charge is 0.251 e. The van der Waals surface area contributed by atoms with E-state index in [2.05, 4.69) is 10.6 Å². The van der Waals surface area contributed by atoms with Gasteiger partial charge in [-0.25, -0.2) is 0 Å². The first-order valence-electron chi connectivity index (χ1n) is 8.98. The number of amides is 2. The number of benzene rings is 2. The van der Waals surface area contributed by atoms with Gasteiger partial charge in [0.05, 0.1) is 13.7 Å². The number of carbonyl (C=O) groups excluding carboxylic acids is 2. The van der Waals surface area contributed by atoms with Crippen molar-refractivity contribution in [3.8, 4) is 11.5 Å². The molecule has 28 heavy (non-hydrogen) atoms. The molecule has 0 saturated heterocycles. The maximum Gasteiger partial charge on any atom is 0.251 e. The number of nitrogens with one attached hydrogen (secondary N) is 2. The molecule has 2 amide bonds. The van der Waals surface area contributed by atoms with Crippen molar-refractivity contribution in [2.75, 3.05) is 39.3 Å². The molecule has 0 atom stereocenters. The van der Waals surface area contributed by atoms with Crippen LogP contribution in [0.25, 0.3) is 0 Å². The molecule has 0 aliphatic carbocycles. The van der Waals surface area contributed by atoms with Gasteiger partial charge in [-0.05, 0) is 30.7 Å². The molecule has 0 aromatic heterocycles. The lowest BCUT2D eigenvalue weighted by molar-refractivity contribution is -0.116. The van der Waals surface area contributed by atoms with Crippen LogP contribution >= 0.6 is 0 Å². The molecule has 0 fully saturated rings. The molecule has 0 aliphatic heterocycles. The average Bonchev–Trinajstić information content (AvgIpc) is 2.68. The van der Waals surface area contributed by atoms with Gasteiger partial charge in [-0.15, -0.1) is 0 Å². The molecule has 0 heterocycles. The zero-order chi connectivity index (χ0) is 20.4. The van der Waals surface area contributed by atoms with Gasteiger partial charge >= 0.3 is 0 Å². The minimum absolute atomic E-state index is 0.156. The van der Waals surface area contributed by atoms with E-state index in [0.29, 0.717) is 36.0 Å². The predicted molar refractivity (Wildman–Crippen MR) is 107 cm³/mol. The van der Waals surface area contributed by atoms with Crippen LogP contribution in [-0.4, -0.2) is 45.8 Å². The van der Waals surface area contributed by atoms with Gasteiger partial charge in [-0.1, -0.05) is 18.2 Å². The molecule has 7 nitrogen and oxygen atoms in total. The summed E-state index contributed by atoms with van der Waals surface area (Å²) in [6.45, 7) is 2.93. The number of aryl methyl sites for hydroxylation is 1. The quantitative estimate of drug-likeness (QED) is 0.613. The minimum Gasteiger partial charge on any atom is -0.493 e. The van der Waals surface area contributed by atoms with Crippen molar-refractivity contribution >= 4 is 17.5 Å². The van der Waals surface area contributed by atoms with Crippen molar-refractivity contribution < 1.29 is 23.8 Å². The van der Waals surface area contributed by atoms with Gasteiger partial charge < -0.3 is 24.8 Å². The van der Waals surface area contributed by atoms with Gasteiger partial charge in [-0.2, -0.15) is 0 Å². The van der Waals surface area contributed by atoms with Crippen molar-refractivity contribution in [1.82, 2.24) is 5.32 Å². The Morgan fingerprint density at radius 2 is 1.79 bits per heavy atom. The van der Waals surface area contributed by atoms with Crippen molar-refractivity contribution in [3.05, 3.63) is 53.6 Å². The van der Waals surface area contributed by atoms with Crippen LogP contribution in [0.3, 0.4) is 0 Å². The molecule has 2 N–H and O–H groups in total. The molecule has 150 valence electrons. The van der Waals surface area contributed by atoms with Crippen LogP contribution in [0, 0.1) is 6.92 Å². The minimum atomic E-state index is -0.210. The van der Waals surface area contributed by atoms with Gasteiger partial charge in [0.25, 0.3) is 5.91 Å². The van der Waals surface area contributed by atoms with Crippen LogP contribution in [0.15, 0.2) is 42.5 Å². The molecular formula is C21H26N2O5. The van der Waals surface area contributed by atoms with E-state index in [-0.39, 0.29) is 24.8 Å². The zero-order valence-corrected chi connectivity index (χ0v) is 16.4. The highest BCUT2D eigenvalue weighted by molar-refractivity contribution is 5.96. The number of rotatable bonds is 10. The largest absolute Gasteiger partial charge is 0.493 e. The second-order valence-electron chi connectivity index (χ2n) is 6.08. The summed E-state index contributed by atoms with van der Waals surface area (Å²) >= 11 is 0. The van der Waals surface area contributed by atoms with Crippen LogP contribution in [-0.2, 0) is 9.53 Å². The van der Waals surface area contributed by atoms with E-state index < -0.39 is 0 Å². The van der Waals surface area contributed by atoms with Gasteiger partial charge in [-0.3, -0.25) is 9.59 Å². The molecule has 7 heteroatoms. The normalized spacial score (nSPS) is 10.2. The molecule has 0 saturated carbocycles.